The molecule has 1 aromatic heterocycles. The van der Waals surface area contributed by atoms with E-state index < -0.39 is 29.9 Å². The third kappa shape index (κ3) is 5.29. The van der Waals surface area contributed by atoms with Crippen LogP contribution in [-0.2, 0) is 20.7 Å². The van der Waals surface area contributed by atoms with Gasteiger partial charge in [0.2, 0.25) is 5.91 Å². The summed E-state index contributed by atoms with van der Waals surface area (Å²) in [6.45, 7) is 3.62. The summed E-state index contributed by atoms with van der Waals surface area (Å²) < 4.78 is 4.91. The van der Waals surface area contributed by atoms with E-state index in [-0.39, 0.29) is 17.9 Å². The number of H-pyrrole nitrogens is 1. The molecule has 0 aliphatic rings. The summed E-state index contributed by atoms with van der Waals surface area (Å²) in [4.78, 5) is 41.4. The van der Waals surface area contributed by atoms with Crippen LogP contribution < -0.4 is 10.6 Å². The van der Waals surface area contributed by atoms with Gasteiger partial charge in [0.15, 0.2) is 0 Å². The topological polar surface area (TPSA) is 100 Å². The van der Waals surface area contributed by atoms with E-state index in [0.717, 1.165) is 16.5 Å². The van der Waals surface area contributed by atoms with Crippen LogP contribution in [0.1, 0.15) is 29.8 Å². The summed E-state index contributed by atoms with van der Waals surface area (Å²) in [5, 5.41) is 6.73. The number of carbonyl (C=O) groups is 3. The van der Waals surface area contributed by atoms with Crippen LogP contribution in [0.15, 0.2) is 54.7 Å². The Kier molecular flexibility index (Phi) is 7.53. The van der Waals surface area contributed by atoms with E-state index in [1.807, 2.05) is 44.3 Å². The van der Waals surface area contributed by atoms with E-state index >= 15 is 0 Å². The van der Waals surface area contributed by atoms with Crippen LogP contribution >= 0.6 is 11.6 Å². The normalized spacial score (nSPS) is 12.9. The molecule has 3 aromatic rings. The first kappa shape index (κ1) is 23.3. The molecule has 3 N–H and O–H groups in total. The first-order valence-electron chi connectivity index (χ1n) is 10.3. The van der Waals surface area contributed by atoms with Crippen molar-refractivity contribution < 1.29 is 19.1 Å². The van der Waals surface area contributed by atoms with Crippen LogP contribution in [0, 0.1) is 5.92 Å². The smallest absolute Gasteiger partial charge is 0.328 e. The average Bonchev–Trinajstić information content (AvgIpc) is 3.19. The number of fused-ring (bicyclic) bond motifs is 1. The second-order valence-electron chi connectivity index (χ2n) is 7.82. The lowest BCUT2D eigenvalue weighted by molar-refractivity contribution is -0.145. The van der Waals surface area contributed by atoms with Crippen LogP contribution in [-0.4, -0.2) is 42.0 Å². The molecule has 0 aliphatic heterocycles. The predicted octanol–water partition coefficient (Wildman–Crippen LogP) is 3.48. The van der Waals surface area contributed by atoms with Gasteiger partial charge in [0, 0.05) is 23.5 Å². The molecule has 0 bridgehead atoms. The number of benzene rings is 2. The minimum absolute atomic E-state index is 0.229. The molecule has 0 spiro atoms. The van der Waals surface area contributed by atoms with Crippen LogP contribution in [0.4, 0.5) is 0 Å². The second kappa shape index (κ2) is 10.3. The Hall–Kier alpha value is -3.32. The van der Waals surface area contributed by atoms with Crippen molar-refractivity contribution in [3.8, 4) is 0 Å². The highest BCUT2D eigenvalue weighted by Gasteiger charge is 2.30. The zero-order valence-electron chi connectivity index (χ0n) is 18.1. The van der Waals surface area contributed by atoms with Gasteiger partial charge in [0.1, 0.15) is 12.1 Å². The summed E-state index contributed by atoms with van der Waals surface area (Å²) in [5.41, 5.74) is 2.08. The maximum Gasteiger partial charge on any atom is 0.328 e. The molecule has 7 nitrogen and oxygen atoms in total. The molecule has 1 unspecified atom stereocenters. The maximum atomic E-state index is 13.1. The van der Waals surface area contributed by atoms with Gasteiger partial charge in [-0.2, -0.15) is 0 Å². The Morgan fingerprint density at radius 3 is 2.41 bits per heavy atom. The highest BCUT2D eigenvalue weighted by atomic mass is 35.5. The van der Waals surface area contributed by atoms with Crippen molar-refractivity contribution in [3.63, 3.8) is 0 Å². The van der Waals surface area contributed by atoms with Crippen LogP contribution in [0.3, 0.4) is 0 Å². The number of nitrogens with one attached hydrogen (secondary N) is 3. The fraction of sp³-hybridized carbons (Fsp3) is 0.292. The van der Waals surface area contributed by atoms with E-state index in [0.29, 0.717) is 5.02 Å². The largest absolute Gasteiger partial charge is 0.467 e. The number of ether oxygens (including phenoxy) is 1. The quantitative estimate of drug-likeness (QED) is 0.453. The third-order valence-electron chi connectivity index (χ3n) is 5.26. The monoisotopic (exact) mass is 455 g/mol. The molecule has 8 heteroatoms. The van der Waals surface area contributed by atoms with Crippen molar-refractivity contribution in [1.82, 2.24) is 15.6 Å². The molecule has 0 aliphatic carbocycles. The van der Waals surface area contributed by atoms with E-state index in [1.54, 1.807) is 24.3 Å². The van der Waals surface area contributed by atoms with Gasteiger partial charge in [0.25, 0.3) is 5.91 Å². The molecule has 2 atom stereocenters. The average molecular weight is 456 g/mol. The summed E-state index contributed by atoms with van der Waals surface area (Å²) >= 11 is 6.11. The predicted molar refractivity (Wildman–Crippen MR) is 123 cm³/mol. The molecule has 0 radical (unpaired) electrons. The third-order valence-corrected chi connectivity index (χ3v) is 5.58. The Morgan fingerprint density at radius 1 is 1.03 bits per heavy atom. The molecular weight excluding hydrogens is 430 g/mol. The molecule has 0 saturated heterocycles. The van der Waals surface area contributed by atoms with Crippen molar-refractivity contribution in [3.05, 3.63) is 70.9 Å². The second-order valence-corrected chi connectivity index (χ2v) is 8.23. The van der Waals surface area contributed by atoms with Crippen molar-refractivity contribution in [2.24, 2.45) is 5.92 Å². The number of aromatic nitrogens is 1. The van der Waals surface area contributed by atoms with Gasteiger partial charge in [-0.05, 0) is 29.7 Å². The lowest BCUT2D eigenvalue weighted by Crippen LogP contribution is -2.54. The Labute approximate surface area is 191 Å². The Bertz CT molecular complexity index is 1130. The first-order chi connectivity index (χ1) is 15.3. The lowest BCUT2D eigenvalue weighted by atomic mass is 10.0. The van der Waals surface area contributed by atoms with E-state index in [4.69, 9.17) is 16.3 Å². The van der Waals surface area contributed by atoms with Crippen molar-refractivity contribution in [1.29, 1.82) is 0 Å². The summed E-state index contributed by atoms with van der Waals surface area (Å²) in [6, 6.07) is 12.5. The van der Waals surface area contributed by atoms with Gasteiger partial charge in [0.05, 0.1) is 17.7 Å². The number of rotatable bonds is 8. The number of hydrogen-bond donors (Lipinski definition) is 3. The highest BCUT2D eigenvalue weighted by molar-refractivity contribution is 6.33. The highest BCUT2D eigenvalue weighted by Crippen LogP contribution is 2.20. The number of carbonyl (C=O) groups excluding carboxylic acids is 3. The molecule has 2 amide bonds. The van der Waals surface area contributed by atoms with E-state index in [9.17, 15) is 14.4 Å². The van der Waals surface area contributed by atoms with Crippen molar-refractivity contribution >= 4 is 40.3 Å². The van der Waals surface area contributed by atoms with Gasteiger partial charge in [-0.1, -0.05) is 55.8 Å². The number of para-hydroxylation sites is 1. The Balaban J connectivity index is 1.78. The Morgan fingerprint density at radius 2 is 1.72 bits per heavy atom. The molecule has 168 valence electrons. The fourth-order valence-electron chi connectivity index (χ4n) is 3.52. The zero-order valence-corrected chi connectivity index (χ0v) is 18.9. The fourth-order valence-corrected chi connectivity index (χ4v) is 3.74. The standard InChI is InChI=1S/C24H26ClN3O4/c1-14(2)21(28-22(29)17-9-4-6-10-18(17)25)23(30)27-20(24(31)32-3)12-15-13-26-19-11-7-5-8-16(15)19/h4-11,13-14,20-21,26H,12H2,1-3H3,(H,27,30)(H,28,29)/t20-,21?/m1/s1. The van der Waals surface area contributed by atoms with Gasteiger partial charge < -0.3 is 20.4 Å². The van der Waals surface area contributed by atoms with Crippen LogP contribution in [0.5, 0.6) is 0 Å². The lowest BCUT2D eigenvalue weighted by Gasteiger charge is -2.24. The SMILES string of the molecule is COC(=O)[C@@H](Cc1c[nH]c2ccccc12)NC(=O)C(NC(=O)c1ccccc1Cl)C(C)C. The summed E-state index contributed by atoms with van der Waals surface area (Å²) in [7, 11) is 1.27. The van der Waals surface area contributed by atoms with Crippen molar-refractivity contribution in [2.45, 2.75) is 32.4 Å². The number of amides is 2. The number of halogens is 1. The maximum absolute atomic E-state index is 13.1. The minimum Gasteiger partial charge on any atom is -0.467 e. The number of esters is 1. The molecular formula is C24H26ClN3O4. The van der Waals surface area contributed by atoms with Gasteiger partial charge in [-0.3, -0.25) is 9.59 Å². The van der Waals surface area contributed by atoms with E-state index in [1.165, 1.54) is 7.11 Å². The molecule has 1 heterocycles. The first-order valence-corrected chi connectivity index (χ1v) is 10.7. The molecule has 3 rings (SSSR count). The number of aromatic amines is 1. The van der Waals surface area contributed by atoms with Crippen LogP contribution in [0.25, 0.3) is 10.9 Å². The zero-order chi connectivity index (χ0) is 23.3. The van der Waals surface area contributed by atoms with Gasteiger partial charge in [-0.25, -0.2) is 4.79 Å². The van der Waals surface area contributed by atoms with E-state index in [2.05, 4.69) is 15.6 Å². The van der Waals surface area contributed by atoms with Gasteiger partial charge in [-0.15, -0.1) is 0 Å². The minimum atomic E-state index is -0.912. The number of hydrogen-bond acceptors (Lipinski definition) is 4. The molecule has 0 saturated carbocycles. The molecule has 32 heavy (non-hydrogen) atoms. The van der Waals surface area contributed by atoms with Gasteiger partial charge >= 0.3 is 5.97 Å². The number of methoxy groups -OCH3 is 1. The van der Waals surface area contributed by atoms with Crippen molar-refractivity contribution in [2.75, 3.05) is 7.11 Å². The molecule has 2 aromatic carbocycles. The molecule has 0 fully saturated rings. The summed E-state index contributed by atoms with van der Waals surface area (Å²) in [6.07, 6.45) is 2.05. The van der Waals surface area contributed by atoms with Crippen LogP contribution in [0.2, 0.25) is 5.02 Å². The summed E-state index contributed by atoms with van der Waals surface area (Å²) in [5.74, 6) is -1.73.